The van der Waals surface area contributed by atoms with Crippen molar-refractivity contribution in [3.05, 3.63) is 60.7 Å². The fourth-order valence-corrected chi connectivity index (χ4v) is 2.17. The lowest BCUT2D eigenvalue weighted by Gasteiger charge is -2.27. The Kier molecular flexibility index (Phi) is 7.02. The van der Waals surface area contributed by atoms with E-state index in [2.05, 4.69) is 10.7 Å². The number of nitrogens with one attached hydrogen (secondary N) is 2. The lowest BCUT2D eigenvalue weighted by molar-refractivity contribution is -0.122. The van der Waals surface area contributed by atoms with Gasteiger partial charge in [0.1, 0.15) is 6.04 Å². The normalized spacial score (nSPS) is 11.5. The Bertz CT molecular complexity index is 665. The molecule has 0 spiro atoms. The second-order valence-corrected chi connectivity index (χ2v) is 6.34. The summed E-state index contributed by atoms with van der Waals surface area (Å²) in [5.74, 6) is -0.115. The van der Waals surface area contributed by atoms with Crippen LogP contribution in [-0.2, 0) is 9.53 Å². The highest BCUT2D eigenvalue weighted by molar-refractivity contribution is 5.87. The number of ether oxygens (including phenoxy) is 1. The van der Waals surface area contributed by atoms with Crippen LogP contribution in [0.1, 0.15) is 20.8 Å². The van der Waals surface area contributed by atoms with E-state index in [0.717, 1.165) is 11.4 Å². The number of nitrogens with zero attached hydrogens (tertiary/aromatic N) is 1. The number of carbonyl (C=O) groups excluding carboxylic acids is 2. The number of anilines is 2. The van der Waals surface area contributed by atoms with Crippen molar-refractivity contribution in [2.24, 2.45) is 5.92 Å². The molecule has 0 aromatic heterocycles. The predicted octanol–water partition coefficient (Wildman–Crippen LogP) is 3.63. The zero-order valence-corrected chi connectivity index (χ0v) is 15.3. The third-order valence-corrected chi connectivity index (χ3v) is 3.53. The number of alkyl carbamates (subject to hydrolysis) is 1. The third-order valence-electron chi connectivity index (χ3n) is 3.53. The molecule has 0 bridgehead atoms. The van der Waals surface area contributed by atoms with E-state index in [9.17, 15) is 9.59 Å². The van der Waals surface area contributed by atoms with Crippen LogP contribution in [0.4, 0.5) is 16.2 Å². The number of benzene rings is 2. The van der Waals surface area contributed by atoms with Crippen LogP contribution >= 0.6 is 0 Å². The van der Waals surface area contributed by atoms with E-state index in [1.54, 1.807) is 11.9 Å². The number of amides is 2. The summed E-state index contributed by atoms with van der Waals surface area (Å²) in [6, 6.07) is 18.2. The third kappa shape index (κ3) is 5.81. The summed E-state index contributed by atoms with van der Waals surface area (Å²) in [4.78, 5) is 24.3. The Hall–Kier alpha value is -3.02. The van der Waals surface area contributed by atoms with Gasteiger partial charge in [-0.2, -0.15) is 0 Å². The molecule has 0 aliphatic heterocycles. The van der Waals surface area contributed by atoms with E-state index in [1.807, 2.05) is 74.5 Å². The minimum atomic E-state index is -0.746. The lowest BCUT2D eigenvalue weighted by atomic mass is 10.2. The Morgan fingerprint density at radius 2 is 1.42 bits per heavy atom. The molecule has 0 unspecified atom stereocenters. The Labute approximate surface area is 154 Å². The summed E-state index contributed by atoms with van der Waals surface area (Å²) in [6.07, 6.45) is -0.604. The van der Waals surface area contributed by atoms with Gasteiger partial charge in [-0.25, -0.2) is 4.79 Å². The van der Waals surface area contributed by atoms with Crippen LogP contribution < -0.4 is 15.8 Å². The molecule has 6 nitrogen and oxygen atoms in total. The first-order chi connectivity index (χ1) is 12.5. The fraction of sp³-hybridized carbons (Fsp3) is 0.300. The van der Waals surface area contributed by atoms with E-state index in [0.29, 0.717) is 6.61 Å². The topological polar surface area (TPSA) is 70.7 Å². The van der Waals surface area contributed by atoms with Crippen molar-refractivity contribution in [3.63, 3.8) is 0 Å². The first kappa shape index (κ1) is 19.3. The molecule has 2 aromatic rings. The van der Waals surface area contributed by atoms with Crippen molar-refractivity contribution in [3.8, 4) is 0 Å². The minimum Gasteiger partial charge on any atom is -0.449 e. The van der Waals surface area contributed by atoms with Crippen LogP contribution in [0.15, 0.2) is 60.7 Å². The second kappa shape index (κ2) is 9.46. The molecule has 2 N–H and O–H groups in total. The summed E-state index contributed by atoms with van der Waals surface area (Å²) in [5, 5.41) is 4.22. The van der Waals surface area contributed by atoms with Crippen molar-refractivity contribution in [2.45, 2.75) is 26.8 Å². The van der Waals surface area contributed by atoms with Crippen molar-refractivity contribution >= 4 is 23.4 Å². The quantitative estimate of drug-likeness (QED) is 0.744. The van der Waals surface area contributed by atoms with Gasteiger partial charge in [-0.1, -0.05) is 50.2 Å². The van der Waals surface area contributed by atoms with Crippen LogP contribution in [0.5, 0.6) is 0 Å². The monoisotopic (exact) mass is 355 g/mol. The highest BCUT2D eigenvalue weighted by Gasteiger charge is 2.20. The number of carbonyl (C=O) groups is 2. The van der Waals surface area contributed by atoms with Gasteiger partial charge in [-0.05, 0) is 37.1 Å². The van der Waals surface area contributed by atoms with Gasteiger partial charge in [0.15, 0.2) is 0 Å². The fourth-order valence-electron chi connectivity index (χ4n) is 2.17. The van der Waals surface area contributed by atoms with Crippen LogP contribution in [-0.4, -0.2) is 24.6 Å². The number of rotatable bonds is 7. The van der Waals surface area contributed by atoms with Crippen LogP contribution in [0, 0.1) is 5.92 Å². The summed E-state index contributed by atoms with van der Waals surface area (Å²) >= 11 is 0. The molecular formula is C20H25N3O3. The molecule has 2 aromatic carbocycles. The predicted molar refractivity (Wildman–Crippen MR) is 102 cm³/mol. The number of hydrazine groups is 1. The smallest absolute Gasteiger partial charge is 0.407 e. The molecule has 0 radical (unpaired) electrons. The van der Waals surface area contributed by atoms with E-state index in [-0.39, 0.29) is 11.8 Å². The largest absolute Gasteiger partial charge is 0.449 e. The Balaban J connectivity index is 2.06. The van der Waals surface area contributed by atoms with E-state index >= 15 is 0 Å². The van der Waals surface area contributed by atoms with Gasteiger partial charge in [-0.15, -0.1) is 0 Å². The van der Waals surface area contributed by atoms with E-state index in [1.165, 1.54) is 0 Å². The molecule has 0 saturated heterocycles. The van der Waals surface area contributed by atoms with Gasteiger partial charge in [0.2, 0.25) is 0 Å². The first-order valence-corrected chi connectivity index (χ1v) is 8.61. The van der Waals surface area contributed by atoms with Crippen LogP contribution in [0.25, 0.3) is 0 Å². The molecule has 0 aliphatic rings. The van der Waals surface area contributed by atoms with Crippen molar-refractivity contribution < 1.29 is 14.3 Å². The Morgan fingerprint density at radius 3 is 1.88 bits per heavy atom. The maximum Gasteiger partial charge on any atom is 0.407 e. The molecule has 6 heteroatoms. The zero-order chi connectivity index (χ0) is 18.9. The summed E-state index contributed by atoms with van der Waals surface area (Å²) in [5.41, 5.74) is 4.46. The highest BCUT2D eigenvalue weighted by atomic mass is 16.5. The van der Waals surface area contributed by atoms with E-state index in [4.69, 9.17) is 4.74 Å². The van der Waals surface area contributed by atoms with Crippen LogP contribution in [0.2, 0.25) is 0 Å². The average Bonchev–Trinajstić information content (AvgIpc) is 2.65. The van der Waals surface area contributed by atoms with Crippen LogP contribution in [0.3, 0.4) is 0 Å². The van der Waals surface area contributed by atoms with Gasteiger partial charge in [0, 0.05) is 0 Å². The van der Waals surface area contributed by atoms with Gasteiger partial charge < -0.3 is 10.1 Å². The van der Waals surface area contributed by atoms with Crippen molar-refractivity contribution in [1.82, 2.24) is 10.7 Å². The number of hydrogen-bond donors (Lipinski definition) is 2. The van der Waals surface area contributed by atoms with Crippen molar-refractivity contribution in [2.75, 3.05) is 11.6 Å². The second-order valence-electron chi connectivity index (χ2n) is 6.34. The summed E-state index contributed by atoms with van der Waals surface area (Å²) in [6.45, 7) is 5.81. The molecule has 0 saturated carbocycles. The molecule has 0 fully saturated rings. The molecule has 138 valence electrons. The lowest BCUT2D eigenvalue weighted by Crippen LogP contribution is -2.50. The summed E-state index contributed by atoms with van der Waals surface area (Å²) in [7, 11) is 0. The van der Waals surface area contributed by atoms with Crippen molar-refractivity contribution in [1.29, 1.82) is 0 Å². The molecule has 2 rings (SSSR count). The molecule has 0 aliphatic carbocycles. The molecule has 0 heterocycles. The average molecular weight is 355 g/mol. The van der Waals surface area contributed by atoms with Gasteiger partial charge in [-0.3, -0.25) is 15.2 Å². The highest BCUT2D eigenvalue weighted by Crippen LogP contribution is 2.22. The summed E-state index contributed by atoms with van der Waals surface area (Å²) < 4.78 is 5.05. The van der Waals surface area contributed by atoms with Gasteiger partial charge in [0.25, 0.3) is 5.91 Å². The molecule has 1 atom stereocenters. The maximum atomic E-state index is 12.6. The zero-order valence-electron chi connectivity index (χ0n) is 15.3. The number of hydrogen-bond acceptors (Lipinski definition) is 4. The molecule has 26 heavy (non-hydrogen) atoms. The standard InChI is InChI=1S/C20H25N3O3/c1-15(2)14-26-20(25)21-16(3)19(24)22-23(17-10-6-4-7-11-17)18-12-8-5-9-13-18/h4-13,15-16H,14H2,1-3H3,(H,21,25)(H,22,24)/t16-/m0/s1. The number of para-hydroxylation sites is 2. The maximum absolute atomic E-state index is 12.6. The van der Waals surface area contributed by atoms with Gasteiger partial charge >= 0.3 is 6.09 Å². The SMILES string of the molecule is CC(C)COC(=O)N[C@@H](C)C(=O)NN(c1ccccc1)c1ccccc1. The molecular weight excluding hydrogens is 330 g/mol. The first-order valence-electron chi connectivity index (χ1n) is 8.61. The molecule has 2 amide bonds. The van der Waals surface area contributed by atoms with Gasteiger partial charge in [0.05, 0.1) is 18.0 Å². The van der Waals surface area contributed by atoms with E-state index < -0.39 is 12.1 Å². The minimum absolute atomic E-state index is 0.233. The Morgan fingerprint density at radius 1 is 0.923 bits per heavy atom.